The molecule has 104 valence electrons. The van der Waals surface area contributed by atoms with E-state index in [2.05, 4.69) is 4.98 Å². The van der Waals surface area contributed by atoms with Gasteiger partial charge in [-0.05, 0) is 23.8 Å². The van der Waals surface area contributed by atoms with Gasteiger partial charge in [0.2, 0.25) is 0 Å². The fourth-order valence-electron chi connectivity index (χ4n) is 1.91. The molecule has 0 spiro atoms. The van der Waals surface area contributed by atoms with Crippen LogP contribution in [-0.4, -0.2) is 28.9 Å². The molecule has 0 unspecified atom stereocenters. The Morgan fingerprint density at radius 2 is 2.20 bits per heavy atom. The highest BCUT2D eigenvalue weighted by Crippen LogP contribution is 2.22. The number of carbonyl (C=O) groups excluding carboxylic acids is 2. The summed E-state index contributed by atoms with van der Waals surface area (Å²) in [7, 11) is 1.37. The third kappa shape index (κ3) is 3.30. The molecule has 2 rings (SSSR count). The lowest BCUT2D eigenvalue weighted by molar-refractivity contribution is -0.109. The molecule has 0 fully saturated rings. The molecule has 1 N–H and O–H groups in total. The minimum absolute atomic E-state index is 0.0877. The van der Waals surface area contributed by atoms with E-state index in [4.69, 9.17) is 4.74 Å². The Bertz CT molecular complexity index is 673. The van der Waals surface area contributed by atoms with E-state index in [9.17, 15) is 9.59 Å². The molecule has 1 aromatic heterocycles. The fourth-order valence-corrected chi connectivity index (χ4v) is 2.34. The molecule has 0 aliphatic carbocycles. The van der Waals surface area contributed by atoms with E-state index in [0.717, 1.165) is 16.5 Å². The van der Waals surface area contributed by atoms with E-state index in [1.807, 2.05) is 24.3 Å². The van der Waals surface area contributed by atoms with Crippen LogP contribution in [-0.2, 0) is 9.53 Å². The number of aromatic amines is 1. The summed E-state index contributed by atoms with van der Waals surface area (Å²) in [5.74, 6) is 0.258. The molecule has 0 aliphatic heterocycles. The van der Waals surface area contributed by atoms with Crippen LogP contribution in [0, 0.1) is 0 Å². The van der Waals surface area contributed by atoms with E-state index in [1.54, 1.807) is 19.2 Å². The summed E-state index contributed by atoms with van der Waals surface area (Å²) in [4.78, 5) is 25.7. The minimum atomic E-state index is -0.358. The molecular weight excluding hydrogens is 274 g/mol. The summed E-state index contributed by atoms with van der Waals surface area (Å²) < 4.78 is 4.80. The van der Waals surface area contributed by atoms with E-state index in [0.29, 0.717) is 11.3 Å². The highest BCUT2D eigenvalue weighted by atomic mass is 32.2. The van der Waals surface area contributed by atoms with Crippen LogP contribution < -0.4 is 0 Å². The monoisotopic (exact) mass is 289 g/mol. The van der Waals surface area contributed by atoms with E-state index < -0.39 is 0 Å². The van der Waals surface area contributed by atoms with Gasteiger partial charge in [0.15, 0.2) is 5.12 Å². The largest absolute Gasteiger partial charge is 0.465 e. The molecule has 0 saturated heterocycles. The van der Waals surface area contributed by atoms with Crippen molar-refractivity contribution in [2.24, 2.45) is 0 Å². The Balaban J connectivity index is 2.30. The van der Waals surface area contributed by atoms with E-state index in [1.165, 1.54) is 18.9 Å². The third-order valence-electron chi connectivity index (χ3n) is 2.79. The van der Waals surface area contributed by atoms with Crippen LogP contribution in [0.15, 0.2) is 30.5 Å². The van der Waals surface area contributed by atoms with Crippen molar-refractivity contribution in [3.05, 3.63) is 41.6 Å². The van der Waals surface area contributed by atoms with Gasteiger partial charge >= 0.3 is 5.97 Å². The standard InChI is InChI=1S/C15H15NO3S/c1-10(17)20-7-3-4-11-8-13(15(18)19-2)12-5-6-16-14(12)9-11/h3-6,8-9,16H,7H2,1-2H3. The second-order valence-electron chi connectivity index (χ2n) is 4.20. The van der Waals surface area contributed by atoms with Gasteiger partial charge in [-0.3, -0.25) is 4.79 Å². The van der Waals surface area contributed by atoms with Crippen LogP contribution in [0.4, 0.5) is 0 Å². The predicted molar refractivity (Wildman–Crippen MR) is 81.8 cm³/mol. The highest BCUT2D eigenvalue weighted by molar-refractivity contribution is 8.13. The third-order valence-corrected chi connectivity index (χ3v) is 3.56. The Labute approximate surface area is 121 Å². The molecule has 1 aromatic carbocycles. The first kappa shape index (κ1) is 14.4. The zero-order valence-corrected chi connectivity index (χ0v) is 12.1. The lowest BCUT2D eigenvalue weighted by Gasteiger charge is -2.03. The van der Waals surface area contributed by atoms with Crippen molar-refractivity contribution in [1.82, 2.24) is 4.98 Å². The Morgan fingerprint density at radius 3 is 2.90 bits per heavy atom. The number of carbonyl (C=O) groups is 2. The average molecular weight is 289 g/mol. The Morgan fingerprint density at radius 1 is 1.40 bits per heavy atom. The number of fused-ring (bicyclic) bond motifs is 1. The van der Waals surface area contributed by atoms with Crippen molar-refractivity contribution in [3.63, 3.8) is 0 Å². The van der Waals surface area contributed by atoms with Crippen molar-refractivity contribution in [2.45, 2.75) is 6.92 Å². The minimum Gasteiger partial charge on any atom is -0.465 e. The topological polar surface area (TPSA) is 59.2 Å². The maximum Gasteiger partial charge on any atom is 0.338 e. The summed E-state index contributed by atoms with van der Waals surface area (Å²) in [5.41, 5.74) is 2.31. The van der Waals surface area contributed by atoms with Gasteiger partial charge in [-0.15, -0.1) is 0 Å². The number of nitrogens with one attached hydrogen (secondary N) is 1. The van der Waals surface area contributed by atoms with Crippen LogP contribution in [0.25, 0.3) is 17.0 Å². The summed E-state index contributed by atoms with van der Waals surface area (Å²) in [6, 6.07) is 5.59. The second kappa shape index (κ2) is 6.43. The fraction of sp³-hybridized carbons (Fsp3) is 0.200. The van der Waals surface area contributed by atoms with Crippen LogP contribution in [0.2, 0.25) is 0 Å². The number of esters is 1. The molecule has 4 nitrogen and oxygen atoms in total. The zero-order chi connectivity index (χ0) is 14.5. The number of hydrogen-bond acceptors (Lipinski definition) is 4. The molecule has 0 radical (unpaired) electrons. The van der Waals surface area contributed by atoms with Crippen LogP contribution in [0.3, 0.4) is 0 Å². The highest BCUT2D eigenvalue weighted by Gasteiger charge is 2.11. The van der Waals surface area contributed by atoms with Gasteiger partial charge in [-0.2, -0.15) is 0 Å². The predicted octanol–water partition coefficient (Wildman–Crippen LogP) is 3.25. The molecule has 0 bridgehead atoms. The molecule has 0 aliphatic rings. The van der Waals surface area contributed by atoms with E-state index >= 15 is 0 Å². The quantitative estimate of drug-likeness (QED) is 0.878. The van der Waals surface area contributed by atoms with Gasteiger partial charge in [0, 0.05) is 29.8 Å². The number of aromatic nitrogens is 1. The summed E-state index contributed by atoms with van der Waals surface area (Å²) in [6.45, 7) is 1.54. The first-order chi connectivity index (χ1) is 9.61. The number of H-pyrrole nitrogens is 1. The first-order valence-electron chi connectivity index (χ1n) is 6.11. The number of thioether (sulfide) groups is 1. The maximum absolute atomic E-state index is 11.8. The van der Waals surface area contributed by atoms with Gasteiger partial charge < -0.3 is 9.72 Å². The molecule has 0 atom stereocenters. The van der Waals surface area contributed by atoms with Crippen LogP contribution in [0.5, 0.6) is 0 Å². The summed E-state index contributed by atoms with van der Waals surface area (Å²) in [6.07, 6.45) is 5.58. The molecular formula is C15H15NO3S. The number of methoxy groups -OCH3 is 1. The van der Waals surface area contributed by atoms with Crippen molar-refractivity contribution in [2.75, 3.05) is 12.9 Å². The van der Waals surface area contributed by atoms with Crippen LogP contribution >= 0.6 is 11.8 Å². The van der Waals surface area contributed by atoms with Gasteiger partial charge in [0.05, 0.1) is 12.7 Å². The normalized spacial score (nSPS) is 11.1. The number of ether oxygens (including phenoxy) is 1. The number of rotatable bonds is 4. The van der Waals surface area contributed by atoms with E-state index in [-0.39, 0.29) is 11.1 Å². The number of benzene rings is 1. The van der Waals surface area contributed by atoms with Crippen molar-refractivity contribution in [3.8, 4) is 0 Å². The first-order valence-corrected chi connectivity index (χ1v) is 7.09. The van der Waals surface area contributed by atoms with Gasteiger partial charge in [-0.1, -0.05) is 23.9 Å². The summed E-state index contributed by atoms with van der Waals surface area (Å²) in [5, 5.41) is 0.928. The van der Waals surface area contributed by atoms with Crippen LogP contribution in [0.1, 0.15) is 22.8 Å². The van der Waals surface area contributed by atoms with Gasteiger partial charge in [-0.25, -0.2) is 4.79 Å². The maximum atomic E-state index is 11.8. The molecule has 2 aromatic rings. The number of hydrogen-bond donors (Lipinski definition) is 1. The molecule has 1 heterocycles. The van der Waals surface area contributed by atoms with Crippen molar-refractivity contribution in [1.29, 1.82) is 0 Å². The van der Waals surface area contributed by atoms with Crippen molar-refractivity contribution >= 4 is 39.8 Å². The molecule has 5 heteroatoms. The molecule has 20 heavy (non-hydrogen) atoms. The Kier molecular flexibility index (Phi) is 4.63. The summed E-state index contributed by atoms with van der Waals surface area (Å²) >= 11 is 1.25. The lowest BCUT2D eigenvalue weighted by atomic mass is 10.1. The SMILES string of the molecule is COC(=O)c1cc(C=CCSC(C)=O)cc2[nH]ccc12. The molecule has 0 saturated carbocycles. The van der Waals surface area contributed by atoms with Gasteiger partial charge in [0.1, 0.15) is 0 Å². The Hall–Kier alpha value is -2.01. The second-order valence-corrected chi connectivity index (χ2v) is 5.40. The lowest BCUT2D eigenvalue weighted by Crippen LogP contribution is -2.02. The van der Waals surface area contributed by atoms with Crippen molar-refractivity contribution < 1.29 is 14.3 Å². The smallest absolute Gasteiger partial charge is 0.338 e. The average Bonchev–Trinajstić information content (AvgIpc) is 2.89. The zero-order valence-electron chi connectivity index (χ0n) is 11.3. The van der Waals surface area contributed by atoms with Gasteiger partial charge in [0.25, 0.3) is 0 Å². The molecule has 0 amide bonds.